The molecule has 6 heteroatoms. The largest absolute Gasteiger partial charge is 0.492 e. The number of ether oxygens (including phenoxy) is 1. The molecule has 1 aromatic heterocycles. The Balaban J connectivity index is 1.49. The molecule has 4 rings (SSSR count). The molecule has 5 nitrogen and oxygen atoms in total. The van der Waals surface area contributed by atoms with Crippen molar-refractivity contribution in [2.45, 2.75) is 38.3 Å². The van der Waals surface area contributed by atoms with Crippen LogP contribution < -0.4 is 4.74 Å². The van der Waals surface area contributed by atoms with Crippen LogP contribution in [0.25, 0.3) is 0 Å². The van der Waals surface area contributed by atoms with Crippen LogP contribution in [0.1, 0.15) is 30.7 Å². The van der Waals surface area contributed by atoms with E-state index in [0.717, 1.165) is 41.5 Å². The highest BCUT2D eigenvalue weighted by Gasteiger charge is 2.36. The molecule has 2 aliphatic rings. The maximum atomic E-state index is 10.5. The number of nitrogens with zero attached hydrogens (tertiary/aromatic N) is 3. The molecule has 3 heterocycles. The van der Waals surface area contributed by atoms with Gasteiger partial charge in [-0.15, -0.1) is 0 Å². The van der Waals surface area contributed by atoms with Crippen LogP contribution in [0.5, 0.6) is 5.75 Å². The smallest absolute Gasteiger partial charge is 0.127 e. The number of halogens is 1. The van der Waals surface area contributed by atoms with Gasteiger partial charge in [0.15, 0.2) is 0 Å². The van der Waals surface area contributed by atoms with Gasteiger partial charge >= 0.3 is 0 Å². The van der Waals surface area contributed by atoms with E-state index in [1.54, 1.807) is 18.6 Å². The van der Waals surface area contributed by atoms with Crippen LogP contribution in [0, 0.1) is 5.92 Å². The fraction of sp³-hybridized carbons (Fsp3) is 0.500. The molecule has 138 valence electrons. The number of β-amino-alcohol motifs (C(OH)–C–C–N with tert-alkyl or cyclic N) is 1. The first-order valence-corrected chi connectivity index (χ1v) is 9.41. The van der Waals surface area contributed by atoms with E-state index >= 15 is 0 Å². The van der Waals surface area contributed by atoms with Crippen LogP contribution in [-0.2, 0) is 18.4 Å². The van der Waals surface area contributed by atoms with Gasteiger partial charge in [-0.05, 0) is 18.6 Å². The summed E-state index contributed by atoms with van der Waals surface area (Å²) >= 11 is 6.37. The van der Waals surface area contributed by atoms with Gasteiger partial charge in [-0.3, -0.25) is 14.9 Å². The Morgan fingerprint density at radius 1 is 1.31 bits per heavy atom. The van der Waals surface area contributed by atoms with E-state index in [9.17, 15) is 5.11 Å². The molecule has 2 aliphatic heterocycles. The first kappa shape index (κ1) is 17.7. The average molecular weight is 374 g/mol. The van der Waals surface area contributed by atoms with Crippen molar-refractivity contribution in [3.63, 3.8) is 0 Å². The number of aliphatic hydroxyl groups is 1. The zero-order chi connectivity index (χ0) is 18.3. The number of hydrogen-bond acceptors (Lipinski definition) is 5. The van der Waals surface area contributed by atoms with E-state index in [4.69, 9.17) is 16.3 Å². The van der Waals surface area contributed by atoms with Crippen LogP contribution in [0.4, 0.5) is 0 Å². The molecule has 1 saturated heterocycles. The quantitative estimate of drug-likeness (QED) is 0.893. The maximum absolute atomic E-state index is 10.5. The second-order valence-corrected chi connectivity index (χ2v) is 8.47. The second kappa shape index (κ2) is 6.80. The van der Waals surface area contributed by atoms with E-state index in [1.165, 1.54) is 5.56 Å². The highest BCUT2D eigenvalue weighted by Crippen LogP contribution is 2.43. The van der Waals surface area contributed by atoms with Crippen LogP contribution in [0.15, 0.2) is 30.7 Å². The second-order valence-electron chi connectivity index (χ2n) is 8.04. The van der Waals surface area contributed by atoms with Gasteiger partial charge in [-0.2, -0.15) is 0 Å². The Kier molecular flexibility index (Phi) is 4.63. The monoisotopic (exact) mass is 373 g/mol. The van der Waals surface area contributed by atoms with Crippen molar-refractivity contribution in [2.24, 2.45) is 5.92 Å². The normalized spacial score (nSPS) is 24.5. The Hall–Kier alpha value is -1.69. The molecule has 0 aliphatic carbocycles. The summed E-state index contributed by atoms with van der Waals surface area (Å²) in [5.74, 6) is 1.13. The van der Waals surface area contributed by atoms with Crippen LogP contribution in [-0.4, -0.2) is 45.8 Å². The number of aliphatic hydroxyl groups excluding tert-OH is 1. The number of fused-ring (bicyclic) bond motifs is 1. The van der Waals surface area contributed by atoms with Gasteiger partial charge in [0.25, 0.3) is 0 Å². The summed E-state index contributed by atoms with van der Waals surface area (Å²) in [4.78, 5) is 10.7. The molecule has 0 bridgehead atoms. The van der Waals surface area contributed by atoms with Crippen molar-refractivity contribution in [1.29, 1.82) is 0 Å². The summed E-state index contributed by atoms with van der Waals surface area (Å²) in [5, 5.41) is 11.2. The highest BCUT2D eigenvalue weighted by atomic mass is 35.5. The van der Waals surface area contributed by atoms with E-state index in [0.29, 0.717) is 13.2 Å². The van der Waals surface area contributed by atoms with Crippen LogP contribution >= 0.6 is 11.6 Å². The standard InChI is InChI=1S/C20H24ClN3O2/c1-20(2)12-26-19-14(5-15(21)7-17(19)20)10-24-9-13(18(25)11-24)6-16-8-22-3-4-23-16/h3-5,7-8,13,18,25H,6,9-12H2,1-2H3/t13-,18-/m1/s1. The number of benzene rings is 1. The van der Waals surface area contributed by atoms with Crippen molar-refractivity contribution in [2.75, 3.05) is 19.7 Å². The minimum absolute atomic E-state index is 0.0198. The highest BCUT2D eigenvalue weighted by molar-refractivity contribution is 6.30. The van der Waals surface area contributed by atoms with Gasteiger partial charge in [0.2, 0.25) is 0 Å². The Bertz CT molecular complexity index is 797. The number of rotatable bonds is 4. The van der Waals surface area contributed by atoms with Gasteiger partial charge in [-0.25, -0.2) is 0 Å². The van der Waals surface area contributed by atoms with Crippen molar-refractivity contribution in [3.8, 4) is 5.75 Å². The van der Waals surface area contributed by atoms with E-state index in [-0.39, 0.29) is 17.4 Å². The summed E-state index contributed by atoms with van der Waals surface area (Å²) in [7, 11) is 0. The molecule has 0 unspecified atom stereocenters. The lowest BCUT2D eigenvalue weighted by atomic mass is 9.86. The lowest BCUT2D eigenvalue weighted by Crippen LogP contribution is -2.21. The summed E-state index contributed by atoms with van der Waals surface area (Å²) in [5.41, 5.74) is 3.18. The number of aromatic nitrogens is 2. The third kappa shape index (κ3) is 3.43. The van der Waals surface area contributed by atoms with Crippen molar-refractivity contribution in [1.82, 2.24) is 14.9 Å². The summed E-state index contributed by atoms with van der Waals surface area (Å²) < 4.78 is 5.99. The Labute approximate surface area is 159 Å². The minimum atomic E-state index is -0.360. The molecule has 1 aromatic carbocycles. The number of likely N-dealkylation sites (tertiary alicyclic amines) is 1. The van der Waals surface area contributed by atoms with E-state index in [1.807, 2.05) is 12.1 Å². The Morgan fingerprint density at radius 3 is 2.92 bits per heavy atom. The number of hydrogen-bond donors (Lipinski definition) is 1. The molecule has 0 amide bonds. The average Bonchev–Trinajstić information content (AvgIpc) is 3.08. The summed E-state index contributed by atoms with van der Waals surface area (Å²) in [6, 6.07) is 4.01. The molecule has 0 radical (unpaired) electrons. The van der Waals surface area contributed by atoms with Gasteiger partial charge in [0, 0.05) is 65.7 Å². The lowest BCUT2D eigenvalue weighted by molar-refractivity contribution is 0.140. The molecular formula is C20H24ClN3O2. The first-order chi connectivity index (χ1) is 12.4. The zero-order valence-corrected chi connectivity index (χ0v) is 15.9. The summed E-state index contributed by atoms with van der Waals surface area (Å²) in [6.45, 7) is 7.23. The molecule has 2 atom stereocenters. The fourth-order valence-electron chi connectivity index (χ4n) is 3.99. The molecule has 0 spiro atoms. The molecule has 1 N–H and O–H groups in total. The minimum Gasteiger partial charge on any atom is -0.492 e. The lowest BCUT2D eigenvalue weighted by Gasteiger charge is -2.19. The SMILES string of the molecule is CC1(C)COc2c(CN3C[C@@H](Cc4cnccn4)[C@H](O)C3)cc(Cl)cc21. The van der Waals surface area contributed by atoms with Gasteiger partial charge in [0.1, 0.15) is 5.75 Å². The Morgan fingerprint density at radius 2 is 2.15 bits per heavy atom. The van der Waals surface area contributed by atoms with E-state index < -0.39 is 0 Å². The van der Waals surface area contributed by atoms with Crippen molar-refractivity contribution >= 4 is 11.6 Å². The van der Waals surface area contributed by atoms with Crippen LogP contribution in [0.3, 0.4) is 0 Å². The predicted molar refractivity (Wildman–Crippen MR) is 100 cm³/mol. The van der Waals surface area contributed by atoms with Gasteiger partial charge in [0.05, 0.1) is 18.4 Å². The maximum Gasteiger partial charge on any atom is 0.127 e. The van der Waals surface area contributed by atoms with Gasteiger partial charge < -0.3 is 9.84 Å². The predicted octanol–water partition coefficient (Wildman–Crippen LogP) is 2.84. The molecule has 2 aromatic rings. The van der Waals surface area contributed by atoms with E-state index in [2.05, 4.69) is 28.7 Å². The molecule has 1 fully saturated rings. The third-order valence-corrected chi connectivity index (χ3v) is 5.62. The first-order valence-electron chi connectivity index (χ1n) is 9.03. The molecule has 0 saturated carbocycles. The zero-order valence-electron chi connectivity index (χ0n) is 15.2. The van der Waals surface area contributed by atoms with Crippen LogP contribution in [0.2, 0.25) is 5.02 Å². The van der Waals surface area contributed by atoms with Crippen molar-refractivity contribution in [3.05, 3.63) is 52.6 Å². The third-order valence-electron chi connectivity index (χ3n) is 5.40. The van der Waals surface area contributed by atoms with Crippen molar-refractivity contribution < 1.29 is 9.84 Å². The summed E-state index contributed by atoms with van der Waals surface area (Å²) in [6.07, 6.45) is 5.52. The molecule has 26 heavy (non-hydrogen) atoms. The van der Waals surface area contributed by atoms with Gasteiger partial charge in [-0.1, -0.05) is 25.4 Å². The fourth-order valence-corrected chi connectivity index (χ4v) is 4.23. The topological polar surface area (TPSA) is 58.5 Å². The molecular weight excluding hydrogens is 350 g/mol.